The highest BCUT2D eigenvalue weighted by Crippen LogP contribution is 2.41. The second-order valence-corrected chi connectivity index (χ2v) is 8.11. The first-order valence-electron chi connectivity index (χ1n) is 10.1. The second-order valence-electron chi connectivity index (χ2n) is 7.14. The van der Waals surface area contributed by atoms with Gasteiger partial charge < -0.3 is 19.5 Å². The average molecular weight is 471 g/mol. The molecule has 7 heteroatoms. The van der Waals surface area contributed by atoms with Crippen LogP contribution in [0.5, 0.6) is 17.2 Å². The van der Waals surface area contributed by atoms with E-state index in [0.717, 1.165) is 16.5 Å². The fraction of sp³-hybridized carbons (Fsp3) is 0.240. The smallest absolute Gasteiger partial charge is 0.203 e. The van der Waals surface area contributed by atoms with Gasteiger partial charge in [-0.1, -0.05) is 72.4 Å². The molecule has 0 spiro atoms. The molecule has 5 nitrogen and oxygen atoms in total. The first-order chi connectivity index (χ1) is 15.2. The van der Waals surface area contributed by atoms with Gasteiger partial charge in [0.1, 0.15) is 6.04 Å². The van der Waals surface area contributed by atoms with Gasteiger partial charge in [0.15, 0.2) is 16.7 Å². The Hall–Kier alpha value is -2.83. The molecule has 1 aliphatic rings. The molecule has 4 rings (SSSR count). The van der Waals surface area contributed by atoms with E-state index in [4.69, 9.17) is 19.2 Å². The zero-order chi connectivity index (χ0) is 21.6. The Morgan fingerprint density at radius 3 is 1.91 bits per heavy atom. The molecule has 0 fully saturated rings. The number of benzene rings is 3. The lowest BCUT2D eigenvalue weighted by molar-refractivity contribution is 0.324. The van der Waals surface area contributed by atoms with E-state index in [-0.39, 0.29) is 24.5 Å². The molecule has 1 heterocycles. The molecule has 0 saturated heterocycles. The van der Waals surface area contributed by atoms with Gasteiger partial charge in [0.25, 0.3) is 0 Å². The van der Waals surface area contributed by atoms with Gasteiger partial charge in [-0.3, -0.25) is 4.99 Å². The summed E-state index contributed by atoms with van der Waals surface area (Å²) in [7, 11) is 4.87. The molecule has 2 atom stereocenters. The number of aliphatic imine (C=N–C) groups is 1. The van der Waals surface area contributed by atoms with Crippen molar-refractivity contribution in [1.82, 2.24) is 5.32 Å². The van der Waals surface area contributed by atoms with Crippen molar-refractivity contribution >= 4 is 29.3 Å². The van der Waals surface area contributed by atoms with Crippen LogP contribution < -0.4 is 19.5 Å². The monoisotopic (exact) mass is 470 g/mol. The molecule has 0 bridgehead atoms. The number of nitrogens with zero attached hydrogens (tertiary/aromatic N) is 1. The summed E-state index contributed by atoms with van der Waals surface area (Å²) in [6, 6.07) is 25.0. The number of ether oxygens (including phenoxy) is 3. The minimum atomic E-state index is 0. The van der Waals surface area contributed by atoms with Gasteiger partial charge in [-0.25, -0.2) is 0 Å². The highest BCUT2D eigenvalue weighted by molar-refractivity contribution is 8.13. The number of rotatable bonds is 7. The first-order valence-corrected chi connectivity index (χ1v) is 11.1. The minimum Gasteiger partial charge on any atom is -0.493 e. The topological polar surface area (TPSA) is 52.1 Å². The Morgan fingerprint density at radius 1 is 0.812 bits per heavy atom. The largest absolute Gasteiger partial charge is 0.493 e. The maximum Gasteiger partial charge on any atom is 0.203 e. The average Bonchev–Trinajstić information content (AvgIpc) is 3.27. The first kappa shape index (κ1) is 23.8. The van der Waals surface area contributed by atoms with Gasteiger partial charge in [0.05, 0.1) is 27.4 Å². The van der Waals surface area contributed by atoms with Gasteiger partial charge in [0.2, 0.25) is 5.75 Å². The van der Waals surface area contributed by atoms with Crippen molar-refractivity contribution in [2.75, 3.05) is 21.3 Å². The molecule has 0 unspecified atom stereocenters. The van der Waals surface area contributed by atoms with Crippen molar-refractivity contribution in [3.05, 3.63) is 89.5 Å². The zero-order valence-electron chi connectivity index (χ0n) is 18.3. The van der Waals surface area contributed by atoms with E-state index in [1.54, 1.807) is 33.1 Å². The number of methoxy groups -OCH3 is 3. The molecule has 168 valence electrons. The number of nitrogens with one attached hydrogen (secondary N) is 1. The lowest BCUT2D eigenvalue weighted by Crippen LogP contribution is -2.22. The van der Waals surface area contributed by atoms with E-state index >= 15 is 0 Å². The lowest BCUT2D eigenvalue weighted by atomic mass is 9.95. The summed E-state index contributed by atoms with van der Waals surface area (Å²) in [6.07, 6.45) is 0. The zero-order valence-corrected chi connectivity index (χ0v) is 19.9. The Bertz CT molecular complexity index is 1020. The van der Waals surface area contributed by atoms with Crippen molar-refractivity contribution in [2.45, 2.75) is 17.8 Å². The van der Waals surface area contributed by atoms with Gasteiger partial charge in [0, 0.05) is 5.75 Å². The Balaban J connectivity index is 0.00000289. The number of hydrogen-bond donors (Lipinski definition) is 1. The van der Waals surface area contributed by atoms with Crippen molar-refractivity contribution in [3.63, 3.8) is 0 Å². The van der Waals surface area contributed by atoms with Crippen LogP contribution in [0.15, 0.2) is 77.8 Å². The molecule has 0 aromatic heterocycles. The third kappa shape index (κ3) is 5.14. The molecule has 0 radical (unpaired) electrons. The Labute approximate surface area is 199 Å². The minimum absolute atomic E-state index is 0. The van der Waals surface area contributed by atoms with Gasteiger partial charge in [-0.15, -0.1) is 12.4 Å². The van der Waals surface area contributed by atoms with Crippen LogP contribution in [0.25, 0.3) is 0 Å². The van der Waals surface area contributed by atoms with E-state index in [9.17, 15) is 0 Å². The summed E-state index contributed by atoms with van der Waals surface area (Å²) < 4.78 is 16.4. The molecule has 32 heavy (non-hydrogen) atoms. The van der Waals surface area contributed by atoms with Crippen LogP contribution in [0.1, 0.15) is 28.8 Å². The van der Waals surface area contributed by atoms with Crippen LogP contribution in [0.4, 0.5) is 0 Å². The number of amidine groups is 1. The quantitative estimate of drug-likeness (QED) is 0.472. The van der Waals surface area contributed by atoms with Crippen LogP contribution >= 0.6 is 24.2 Å². The van der Waals surface area contributed by atoms with Crippen molar-refractivity contribution < 1.29 is 14.2 Å². The van der Waals surface area contributed by atoms with Crippen LogP contribution in [0.3, 0.4) is 0 Å². The summed E-state index contributed by atoms with van der Waals surface area (Å²) in [5.74, 6) is 2.64. The van der Waals surface area contributed by atoms with Gasteiger partial charge in [-0.2, -0.15) is 0 Å². The third-order valence-corrected chi connectivity index (χ3v) is 6.23. The summed E-state index contributed by atoms with van der Waals surface area (Å²) in [5.41, 5.74) is 3.50. The number of hydrogen-bond acceptors (Lipinski definition) is 6. The van der Waals surface area contributed by atoms with Crippen molar-refractivity contribution in [1.29, 1.82) is 0 Å². The highest BCUT2D eigenvalue weighted by atomic mass is 35.5. The molecular formula is C25H27ClN2O3S. The molecule has 1 N–H and O–H groups in total. The summed E-state index contributed by atoms with van der Waals surface area (Å²) in [5, 5.41) is 4.56. The van der Waals surface area contributed by atoms with Crippen LogP contribution in [-0.2, 0) is 5.75 Å². The molecular weight excluding hydrogens is 444 g/mol. The highest BCUT2D eigenvalue weighted by Gasteiger charge is 2.31. The van der Waals surface area contributed by atoms with Crippen molar-refractivity contribution in [3.8, 4) is 17.2 Å². The molecule has 3 aromatic carbocycles. The van der Waals surface area contributed by atoms with E-state index in [2.05, 4.69) is 53.8 Å². The Morgan fingerprint density at radius 2 is 1.38 bits per heavy atom. The van der Waals surface area contributed by atoms with Crippen LogP contribution in [-0.4, -0.2) is 26.5 Å². The number of halogens is 1. The van der Waals surface area contributed by atoms with Gasteiger partial charge >= 0.3 is 0 Å². The van der Waals surface area contributed by atoms with E-state index < -0.39 is 0 Å². The third-order valence-electron chi connectivity index (χ3n) is 5.25. The molecule has 1 aliphatic heterocycles. The van der Waals surface area contributed by atoms with Crippen LogP contribution in [0, 0.1) is 0 Å². The SMILES string of the molecule is COc1cc(CSC2=N[C@H](c3ccccc3)[C@H](c3ccccc3)N2)cc(OC)c1OC.Cl. The maximum atomic E-state index is 5.48. The van der Waals surface area contributed by atoms with E-state index in [1.165, 1.54) is 11.1 Å². The fourth-order valence-electron chi connectivity index (χ4n) is 3.74. The summed E-state index contributed by atoms with van der Waals surface area (Å²) in [4.78, 5) is 5.03. The van der Waals surface area contributed by atoms with Crippen molar-refractivity contribution in [2.24, 2.45) is 4.99 Å². The standard InChI is InChI=1S/C25H26N2O3S.ClH/c1-28-20-14-17(15-21(29-2)24(20)30-3)16-31-25-26-22(18-10-6-4-7-11-18)23(27-25)19-12-8-5-9-13-19;/h4-15,22-23H,16H2,1-3H3,(H,26,27);1H/t22-,23+;. The second kappa shape index (κ2) is 11.2. The summed E-state index contributed by atoms with van der Waals surface area (Å²) >= 11 is 1.67. The lowest BCUT2D eigenvalue weighted by Gasteiger charge is -2.19. The fourth-order valence-corrected chi connectivity index (χ4v) is 4.61. The molecule has 0 amide bonds. The molecule has 0 saturated carbocycles. The summed E-state index contributed by atoms with van der Waals surface area (Å²) in [6.45, 7) is 0. The molecule has 3 aromatic rings. The predicted molar refractivity (Wildman–Crippen MR) is 134 cm³/mol. The van der Waals surface area contributed by atoms with E-state index in [0.29, 0.717) is 17.2 Å². The predicted octanol–water partition coefficient (Wildman–Crippen LogP) is 5.81. The van der Waals surface area contributed by atoms with E-state index in [1.807, 2.05) is 24.3 Å². The van der Waals surface area contributed by atoms with Gasteiger partial charge in [-0.05, 0) is 28.8 Å². The normalized spacial score (nSPS) is 17.0. The molecule has 0 aliphatic carbocycles. The maximum absolute atomic E-state index is 5.48. The van der Waals surface area contributed by atoms with Crippen LogP contribution in [0.2, 0.25) is 0 Å². The Kier molecular flexibility index (Phi) is 8.31. The number of thioether (sulfide) groups is 1.